The molecule has 6 nitrogen and oxygen atoms in total. The summed E-state index contributed by atoms with van der Waals surface area (Å²) in [7, 11) is -3.99. The zero-order chi connectivity index (χ0) is 24.0. The van der Waals surface area contributed by atoms with Gasteiger partial charge in [-0.3, -0.25) is 9.10 Å². The van der Waals surface area contributed by atoms with E-state index in [1.807, 2.05) is 38.1 Å². The van der Waals surface area contributed by atoms with Gasteiger partial charge in [0.05, 0.1) is 16.7 Å². The molecule has 174 valence electrons. The van der Waals surface area contributed by atoms with Gasteiger partial charge in [-0.25, -0.2) is 8.42 Å². The first kappa shape index (κ1) is 24.6. The van der Waals surface area contributed by atoms with E-state index in [0.717, 1.165) is 15.6 Å². The number of anilines is 1. The minimum Gasteiger partial charge on any atom is -0.491 e. The monoisotopic (exact) mass is 486 g/mol. The number of halogens is 1. The zero-order valence-electron chi connectivity index (χ0n) is 18.8. The van der Waals surface area contributed by atoms with E-state index in [9.17, 15) is 13.2 Å². The Morgan fingerprint density at radius 1 is 1.00 bits per heavy atom. The highest BCUT2D eigenvalue weighted by Gasteiger charge is 2.28. The maximum absolute atomic E-state index is 13.4. The van der Waals surface area contributed by atoms with Gasteiger partial charge in [-0.15, -0.1) is 0 Å². The van der Waals surface area contributed by atoms with Gasteiger partial charge in [-0.1, -0.05) is 48.0 Å². The topological polar surface area (TPSA) is 75.7 Å². The van der Waals surface area contributed by atoms with Crippen LogP contribution in [0.2, 0.25) is 5.02 Å². The number of hydrogen-bond donors (Lipinski definition) is 1. The largest absolute Gasteiger partial charge is 0.491 e. The molecule has 0 bridgehead atoms. The van der Waals surface area contributed by atoms with E-state index in [4.69, 9.17) is 16.3 Å². The number of hydrogen-bond acceptors (Lipinski definition) is 4. The molecular formula is C25H27ClN2O4S. The molecule has 0 aromatic heterocycles. The molecule has 0 spiro atoms. The highest BCUT2D eigenvalue weighted by molar-refractivity contribution is 7.92. The Balaban J connectivity index is 1.80. The average molecular weight is 487 g/mol. The Bertz CT molecular complexity index is 1200. The molecule has 0 heterocycles. The first-order valence-corrected chi connectivity index (χ1v) is 12.4. The Hall–Kier alpha value is -3.03. The number of carbonyl (C=O) groups is 1. The van der Waals surface area contributed by atoms with Gasteiger partial charge < -0.3 is 10.1 Å². The predicted octanol–water partition coefficient (Wildman–Crippen LogP) is 4.95. The Labute approximate surface area is 200 Å². The van der Waals surface area contributed by atoms with E-state index in [1.165, 1.54) is 12.1 Å². The van der Waals surface area contributed by atoms with Gasteiger partial charge in [0.2, 0.25) is 5.91 Å². The van der Waals surface area contributed by atoms with Crippen molar-refractivity contribution in [2.24, 2.45) is 0 Å². The quantitative estimate of drug-likeness (QED) is 0.464. The molecule has 1 N–H and O–H groups in total. The number of ether oxygens (including phenoxy) is 1. The van der Waals surface area contributed by atoms with Crippen molar-refractivity contribution in [2.75, 3.05) is 10.8 Å². The van der Waals surface area contributed by atoms with Gasteiger partial charge in [-0.2, -0.15) is 0 Å². The fourth-order valence-electron chi connectivity index (χ4n) is 3.23. The lowest BCUT2D eigenvalue weighted by atomic mass is 10.2. The summed E-state index contributed by atoms with van der Waals surface area (Å²) < 4.78 is 33.6. The number of amides is 1. The van der Waals surface area contributed by atoms with E-state index in [0.29, 0.717) is 16.3 Å². The summed E-state index contributed by atoms with van der Waals surface area (Å²) in [5.74, 6) is 0.313. The SMILES string of the molecule is Cc1c(Cl)cccc1N(CC(=O)NCc1ccc(OC(C)C)cc1)S(=O)(=O)c1ccccc1. The average Bonchev–Trinajstić information content (AvgIpc) is 2.79. The highest BCUT2D eigenvalue weighted by atomic mass is 35.5. The lowest BCUT2D eigenvalue weighted by Crippen LogP contribution is -2.41. The maximum Gasteiger partial charge on any atom is 0.264 e. The van der Waals surface area contributed by atoms with Crippen LogP contribution in [0.4, 0.5) is 5.69 Å². The third-order valence-corrected chi connectivity index (χ3v) is 7.09. The van der Waals surface area contributed by atoms with Crippen LogP contribution in [-0.2, 0) is 21.4 Å². The van der Waals surface area contributed by atoms with Crippen LogP contribution in [-0.4, -0.2) is 27.0 Å². The van der Waals surface area contributed by atoms with Crippen molar-refractivity contribution in [3.05, 3.63) is 88.9 Å². The second-order valence-electron chi connectivity index (χ2n) is 7.80. The second-order valence-corrected chi connectivity index (χ2v) is 10.1. The van der Waals surface area contributed by atoms with Gasteiger partial charge in [0.1, 0.15) is 12.3 Å². The van der Waals surface area contributed by atoms with Crippen molar-refractivity contribution >= 4 is 33.2 Å². The molecular weight excluding hydrogens is 460 g/mol. The molecule has 0 atom stereocenters. The minimum atomic E-state index is -3.99. The van der Waals surface area contributed by atoms with E-state index in [-0.39, 0.29) is 24.1 Å². The van der Waals surface area contributed by atoms with Crippen LogP contribution in [0, 0.1) is 6.92 Å². The molecule has 0 fully saturated rings. The van der Waals surface area contributed by atoms with Gasteiger partial charge in [0.15, 0.2) is 0 Å². The van der Waals surface area contributed by atoms with Crippen LogP contribution in [0.5, 0.6) is 5.75 Å². The normalized spacial score (nSPS) is 11.3. The van der Waals surface area contributed by atoms with Crippen molar-refractivity contribution in [3.8, 4) is 5.75 Å². The fourth-order valence-corrected chi connectivity index (χ4v) is 4.90. The summed E-state index contributed by atoms with van der Waals surface area (Å²) in [4.78, 5) is 12.9. The van der Waals surface area contributed by atoms with Gasteiger partial charge in [-0.05, 0) is 68.3 Å². The highest BCUT2D eigenvalue weighted by Crippen LogP contribution is 2.30. The lowest BCUT2D eigenvalue weighted by molar-refractivity contribution is -0.119. The lowest BCUT2D eigenvalue weighted by Gasteiger charge is -2.26. The summed E-state index contributed by atoms with van der Waals surface area (Å²) in [6, 6.07) is 20.4. The van der Waals surface area contributed by atoms with Crippen LogP contribution in [0.1, 0.15) is 25.0 Å². The molecule has 0 aliphatic carbocycles. The van der Waals surface area contributed by atoms with Crippen LogP contribution >= 0.6 is 11.6 Å². The summed E-state index contributed by atoms with van der Waals surface area (Å²) in [5.41, 5.74) is 1.81. The summed E-state index contributed by atoms with van der Waals surface area (Å²) in [6.07, 6.45) is 0.0723. The van der Waals surface area contributed by atoms with E-state index in [1.54, 1.807) is 43.3 Å². The molecule has 33 heavy (non-hydrogen) atoms. The number of rotatable bonds is 9. The first-order chi connectivity index (χ1) is 15.7. The predicted molar refractivity (Wildman–Crippen MR) is 131 cm³/mol. The molecule has 3 aromatic rings. The molecule has 1 amide bonds. The molecule has 0 saturated carbocycles. The molecule has 8 heteroatoms. The van der Waals surface area contributed by atoms with Crippen LogP contribution in [0.15, 0.2) is 77.7 Å². The number of sulfonamides is 1. The fraction of sp³-hybridized carbons (Fsp3) is 0.240. The first-order valence-electron chi connectivity index (χ1n) is 10.5. The second kappa shape index (κ2) is 10.7. The Kier molecular flexibility index (Phi) is 8.00. The van der Waals surface area contributed by atoms with Gasteiger partial charge >= 0.3 is 0 Å². The minimum absolute atomic E-state index is 0.0723. The van der Waals surface area contributed by atoms with E-state index < -0.39 is 15.9 Å². The molecule has 0 aliphatic heterocycles. The third-order valence-electron chi connectivity index (χ3n) is 4.91. The molecule has 0 radical (unpaired) electrons. The number of nitrogens with one attached hydrogen (secondary N) is 1. The van der Waals surface area contributed by atoms with Crippen molar-refractivity contribution in [2.45, 2.75) is 38.3 Å². The summed E-state index contributed by atoms with van der Waals surface area (Å²) in [5, 5.41) is 3.22. The van der Waals surface area contributed by atoms with Crippen molar-refractivity contribution in [1.82, 2.24) is 5.32 Å². The summed E-state index contributed by atoms with van der Waals surface area (Å²) >= 11 is 6.24. The summed E-state index contributed by atoms with van der Waals surface area (Å²) in [6.45, 7) is 5.50. The molecule has 0 unspecified atom stereocenters. The van der Waals surface area contributed by atoms with Crippen LogP contribution in [0.25, 0.3) is 0 Å². The van der Waals surface area contributed by atoms with E-state index in [2.05, 4.69) is 5.32 Å². The van der Waals surface area contributed by atoms with Crippen LogP contribution in [0.3, 0.4) is 0 Å². The standard InChI is InChI=1S/C25H27ClN2O4S/c1-18(2)32-21-14-12-20(13-15-21)16-27-25(29)17-28(24-11-7-10-23(26)19(24)3)33(30,31)22-8-5-4-6-9-22/h4-15,18H,16-17H2,1-3H3,(H,27,29). The molecule has 0 aliphatic rings. The number of benzene rings is 3. The molecule has 0 saturated heterocycles. The van der Waals surface area contributed by atoms with Gasteiger partial charge in [0, 0.05) is 11.6 Å². The number of nitrogens with zero attached hydrogens (tertiary/aromatic N) is 1. The zero-order valence-corrected chi connectivity index (χ0v) is 20.4. The Morgan fingerprint density at radius 3 is 2.30 bits per heavy atom. The third kappa shape index (κ3) is 6.27. The van der Waals surface area contributed by atoms with Gasteiger partial charge in [0.25, 0.3) is 10.0 Å². The van der Waals surface area contributed by atoms with Crippen molar-refractivity contribution < 1.29 is 17.9 Å². The van der Waals surface area contributed by atoms with E-state index >= 15 is 0 Å². The molecule has 3 rings (SSSR count). The Morgan fingerprint density at radius 2 is 1.67 bits per heavy atom. The smallest absolute Gasteiger partial charge is 0.264 e. The number of carbonyl (C=O) groups excluding carboxylic acids is 1. The van der Waals surface area contributed by atoms with Crippen LogP contribution < -0.4 is 14.4 Å². The maximum atomic E-state index is 13.4. The van der Waals surface area contributed by atoms with Crippen molar-refractivity contribution in [1.29, 1.82) is 0 Å². The van der Waals surface area contributed by atoms with Crippen molar-refractivity contribution in [3.63, 3.8) is 0 Å². The molecule has 3 aromatic carbocycles.